The van der Waals surface area contributed by atoms with Crippen molar-refractivity contribution in [3.63, 3.8) is 0 Å². The fourth-order valence-electron chi connectivity index (χ4n) is 2.84. The summed E-state index contributed by atoms with van der Waals surface area (Å²) in [6.07, 6.45) is -0.454. The minimum atomic E-state index is -0.454. The summed E-state index contributed by atoms with van der Waals surface area (Å²) < 4.78 is 0. The highest BCUT2D eigenvalue weighted by Crippen LogP contribution is 2.43. The van der Waals surface area contributed by atoms with Crippen LogP contribution in [0.5, 0.6) is 0 Å². The zero-order valence-electron chi connectivity index (χ0n) is 8.64. The number of aliphatic hydroxyl groups is 1. The van der Waals surface area contributed by atoms with Crippen LogP contribution in [-0.4, -0.2) is 5.11 Å². The third-order valence-electron chi connectivity index (χ3n) is 3.54. The lowest BCUT2D eigenvalue weighted by Gasteiger charge is -2.04. The SMILES string of the molecule is OC1c2cccc3ccc4cccc1c4c23. The van der Waals surface area contributed by atoms with E-state index in [2.05, 4.69) is 24.3 Å². The molecule has 0 spiro atoms. The van der Waals surface area contributed by atoms with E-state index < -0.39 is 6.10 Å². The van der Waals surface area contributed by atoms with Gasteiger partial charge in [-0.1, -0.05) is 48.5 Å². The molecular formula is C15H10O. The smallest absolute Gasteiger partial charge is 0.105 e. The van der Waals surface area contributed by atoms with Crippen LogP contribution in [0.1, 0.15) is 17.2 Å². The Bertz CT molecular complexity index is 665. The fraction of sp³-hybridized carbons (Fsp3) is 0.0667. The summed E-state index contributed by atoms with van der Waals surface area (Å²) in [5.41, 5.74) is 2.09. The van der Waals surface area contributed by atoms with Gasteiger partial charge in [0.15, 0.2) is 0 Å². The minimum Gasteiger partial charge on any atom is -0.384 e. The molecule has 0 aromatic heterocycles. The van der Waals surface area contributed by atoms with E-state index >= 15 is 0 Å². The zero-order chi connectivity index (χ0) is 10.7. The van der Waals surface area contributed by atoms with Crippen LogP contribution in [0.2, 0.25) is 0 Å². The molecule has 1 aliphatic carbocycles. The largest absolute Gasteiger partial charge is 0.384 e. The zero-order valence-corrected chi connectivity index (χ0v) is 8.64. The molecule has 0 aliphatic heterocycles. The lowest BCUT2D eigenvalue weighted by molar-refractivity contribution is 0.226. The van der Waals surface area contributed by atoms with Gasteiger partial charge in [0, 0.05) is 0 Å². The van der Waals surface area contributed by atoms with Gasteiger partial charge in [0.25, 0.3) is 0 Å². The predicted molar refractivity (Wildman–Crippen MR) is 65.5 cm³/mol. The van der Waals surface area contributed by atoms with Crippen molar-refractivity contribution < 1.29 is 5.11 Å². The van der Waals surface area contributed by atoms with Crippen LogP contribution in [0.15, 0.2) is 48.5 Å². The molecule has 3 aromatic carbocycles. The van der Waals surface area contributed by atoms with E-state index in [1.54, 1.807) is 0 Å². The molecule has 1 nitrogen and oxygen atoms in total. The van der Waals surface area contributed by atoms with Gasteiger partial charge in [-0.15, -0.1) is 0 Å². The summed E-state index contributed by atoms with van der Waals surface area (Å²) in [6, 6.07) is 16.5. The first-order chi connectivity index (χ1) is 7.86. The third-order valence-corrected chi connectivity index (χ3v) is 3.54. The van der Waals surface area contributed by atoms with E-state index in [1.165, 1.54) is 21.5 Å². The number of benzene rings is 3. The van der Waals surface area contributed by atoms with Gasteiger partial charge < -0.3 is 5.11 Å². The summed E-state index contributed by atoms with van der Waals surface area (Å²) >= 11 is 0. The van der Waals surface area contributed by atoms with E-state index in [-0.39, 0.29) is 0 Å². The van der Waals surface area contributed by atoms with Crippen molar-refractivity contribution in [3.05, 3.63) is 59.7 Å². The van der Waals surface area contributed by atoms with Crippen molar-refractivity contribution in [2.24, 2.45) is 0 Å². The lowest BCUT2D eigenvalue weighted by atomic mass is 10.0. The fourth-order valence-corrected chi connectivity index (χ4v) is 2.84. The van der Waals surface area contributed by atoms with E-state index in [4.69, 9.17) is 0 Å². The molecule has 0 amide bonds. The Morgan fingerprint density at radius 3 is 1.69 bits per heavy atom. The van der Waals surface area contributed by atoms with Gasteiger partial charge in [0.05, 0.1) is 0 Å². The molecule has 0 heterocycles. The Hall–Kier alpha value is -1.86. The number of aliphatic hydroxyl groups excluding tert-OH is 1. The molecule has 1 N–H and O–H groups in total. The molecule has 0 saturated heterocycles. The van der Waals surface area contributed by atoms with Gasteiger partial charge in [-0.3, -0.25) is 0 Å². The molecule has 0 fully saturated rings. The van der Waals surface area contributed by atoms with Crippen LogP contribution in [0.3, 0.4) is 0 Å². The maximum Gasteiger partial charge on any atom is 0.105 e. The Balaban J connectivity index is 2.40. The monoisotopic (exact) mass is 206 g/mol. The molecular weight excluding hydrogens is 196 g/mol. The average Bonchev–Trinajstić information content (AvgIpc) is 2.64. The van der Waals surface area contributed by atoms with Gasteiger partial charge >= 0.3 is 0 Å². The van der Waals surface area contributed by atoms with Crippen molar-refractivity contribution in [1.82, 2.24) is 0 Å². The molecule has 4 rings (SSSR count). The second kappa shape index (κ2) is 2.63. The highest BCUT2D eigenvalue weighted by Gasteiger charge is 2.24. The maximum atomic E-state index is 10.3. The van der Waals surface area contributed by atoms with Crippen LogP contribution in [0, 0.1) is 0 Å². The van der Waals surface area contributed by atoms with Gasteiger partial charge in [-0.05, 0) is 32.7 Å². The second-order valence-electron chi connectivity index (χ2n) is 4.36. The highest BCUT2D eigenvalue weighted by molar-refractivity contribution is 6.13. The van der Waals surface area contributed by atoms with Crippen LogP contribution < -0.4 is 0 Å². The third kappa shape index (κ3) is 0.810. The molecule has 0 unspecified atom stereocenters. The Morgan fingerprint density at radius 2 is 1.19 bits per heavy atom. The normalized spacial score (nSPS) is 14.3. The first-order valence-corrected chi connectivity index (χ1v) is 5.48. The quantitative estimate of drug-likeness (QED) is 0.559. The van der Waals surface area contributed by atoms with Gasteiger partial charge in [-0.2, -0.15) is 0 Å². The van der Waals surface area contributed by atoms with Gasteiger partial charge in [-0.25, -0.2) is 0 Å². The Morgan fingerprint density at radius 1 is 0.688 bits per heavy atom. The topological polar surface area (TPSA) is 20.2 Å². The first-order valence-electron chi connectivity index (χ1n) is 5.48. The molecule has 0 bridgehead atoms. The molecule has 3 aromatic rings. The molecule has 0 saturated carbocycles. The maximum absolute atomic E-state index is 10.3. The summed E-state index contributed by atoms with van der Waals surface area (Å²) in [6.45, 7) is 0. The van der Waals surface area contributed by atoms with E-state index in [9.17, 15) is 5.11 Å². The van der Waals surface area contributed by atoms with Crippen molar-refractivity contribution in [3.8, 4) is 0 Å². The van der Waals surface area contributed by atoms with Crippen LogP contribution in [-0.2, 0) is 0 Å². The summed E-state index contributed by atoms with van der Waals surface area (Å²) in [4.78, 5) is 0. The average molecular weight is 206 g/mol. The van der Waals surface area contributed by atoms with Gasteiger partial charge in [0.2, 0.25) is 0 Å². The molecule has 1 heteroatoms. The summed E-state index contributed by atoms with van der Waals surface area (Å²) in [7, 11) is 0. The second-order valence-corrected chi connectivity index (χ2v) is 4.36. The van der Waals surface area contributed by atoms with E-state index in [1.807, 2.05) is 24.3 Å². The number of hydrogen-bond donors (Lipinski definition) is 1. The molecule has 0 atom stereocenters. The molecule has 0 radical (unpaired) electrons. The van der Waals surface area contributed by atoms with Crippen molar-refractivity contribution in [1.29, 1.82) is 0 Å². The predicted octanol–water partition coefficient (Wildman–Crippen LogP) is 3.39. The van der Waals surface area contributed by atoms with E-state index in [0.717, 1.165) is 11.1 Å². The lowest BCUT2D eigenvalue weighted by Crippen LogP contribution is -1.93. The van der Waals surface area contributed by atoms with Crippen LogP contribution >= 0.6 is 0 Å². The van der Waals surface area contributed by atoms with Crippen molar-refractivity contribution in [2.75, 3.05) is 0 Å². The highest BCUT2D eigenvalue weighted by atomic mass is 16.3. The van der Waals surface area contributed by atoms with Crippen LogP contribution in [0.4, 0.5) is 0 Å². The van der Waals surface area contributed by atoms with Gasteiger partial charge in [0.1, 0.15) is 6.10 Å². The van der Waals surface area contributed by atoms with E-state index in [0.29, 0.717) is 0 Å². The minimum absolute atomic E-state index is 0.454. The van der Waals surface area contributed by atoms with Crippen LogP contribution in [0.25, 0.3) is 21.5 Å². The molecule has 16 heavy (non-hydrogen) atoms. The number of hydrogen-bond acceptors (Lipinski definition) is 1. The summed E-state index contributed by atoms with van der Waals surface area (Å²) in [5, 5.41) is 15.2. The molecule has 76 valence electrons. The van der Waals surface area contributed by atoms with Crippen molar-refractivity contribution in [2.45, 2.75) is 6.10 Å². The Labute approximate surface area is 92.9 Å². The Kier molecular flexibility index (Phi) is 1.37. The first kappa shape index (κ1) is 8.31. The number of rotatable bonds is 0. The molecule has 1 aliphatic rings. The summed E-state index contributed by atoms with van der Waals surface area (Å²) in [5.74, 6) is 0. The van der Waals surface area contributed by atoms with Crippen molar-refractivity contribution >= 4 is 21.5 Å². The standard InChI is InChI=1S/C15H10O/c16-15-11-5-1-3-9-7-8-10-4-2-6-12(15)14(10)13(9)11/h1-8,15-16H.